The zero-order valence-electron chi connectivity index (χ0n) is 17.7. The highest BCUT2D eigenvalue weighted by molar-refractivity contribution is 7.99. The molecule has 3 rings (SSSR count). The lowest BCUT2D eigenvalue weighted by Gasteiger charge is -2.33. The van der Waals surface area contributed by atoms with Crippen LogP contribution in [0.4, 0.5) is 0 Å². The quantitative estimate of drug-likeness (QED) is 0.549. The highest BCUT2D eigenvalue weighted by atomic mass is 32.2. The monoisotopic (exact) mass is 417 g/mol. The summed E-state index contributed by atoms with van der Waals surface area (Å²) in [5.74, 6) is 8.58. The van der Waals surface area contributed by atoms with E-state index in [0.29, 0.717) is 22.8 Å². The average Bonchev–Trinajstić information content (AvgIpc) is 3.03. The lowest BCUT2D eigenvalue weighted by atomic mass is 9.87. The fourth-order valence-corrected chi connectivity index (χ4v) is 4.53. The molecule has 0 atom stereocenters. The second kappa shape index (κ2) is 9.52. The lowest BCUT2D eigenvalue weighted by Crippen LogP contribution is -2.40. The van der Waals surface area contributed by atoms with Crippen molar-refractivity contribution in [2.24, 2.45) is 5.92 Å². The molecule has 1 aliphatic carbocycles. The first-order valence-electron chi connectivity index (χ1n) is 10.1. The molecule has 7 nitrogen and oxygen atoms in total. The number of carbonyl (C=O) groups excluding carboxylic acids is 1. The second-order valence-electron chi connectivity index (χ2n) is 8.09. The van der Waals surface area contributed by atoms with E-state index >= 15 is 0 Å². The molecule has 0 unspecified atom stereocenters. The van der Waals surface area contributed by atoms with Gasteiger partial charge in [0, 0.05) is 13.1 Å². The van der Waals surface area contributed by atoms with Crippen LogP contribution in [-0.2, 0) is 11.4 Å². The van der Waals surface area contributed by atoms with Crippen LogP contribution in [0.25, 0.3) is 0 Å². The van der Waals surface area contributed by atoms with Gasteiger partial charge in [-0.15, -0.1) is 10.2 Å². The minimum atomic E-state index is 0.102. The molecule has 2 N–H and O–H groups in total. The number of nitrogens with two attached hydrogens (primary N) is 1. The van der Waals surface area contributed by atoms with Crippen molar-refractivity contribution in [1.82, 2.24) is 19.8 Å². The Morgan fingerprint density at radius 1 is 1.21 bits per heavy atom. The summed E-state index contributed by atoms with van der Waals surface area (Å²) < 4.78 is 7.22. The molecule has 0 saturated heterocycles. The molecule has 1 fully saturated rings. The van der Waals surface area contributed by atoms with Gasteiger partial charge in [0.05, 0.1) is 5.75 Å². The summed E-state index contributed by atoms with van der Waals surface area (Å²) >= 11 is 1.31. The van der Waals surface area contributed by atoms with E-state index in [4.69, 9.17) is 10.6 Å². The van der Waals surface area contributed by atoms with E-state index in [0.717, 1.165) is 35.6 Å². The number of hydrogen-bond donors (Lipinski definition) is 1. The minimum absolute atomic E-state index is 0.102. The fourth-order valence-electron chi connectivity index (χ4n) is 3.73. The summed E-state index contributed by atoms with van der Waals surface area (Å²) in [6, 6.07) is 6.38. The predicted molar refractivity (Wildman–Crippen MR) is 115 cm³/mol. The van der Waals surface area contributed by atoms with Crippen LogP contribution in [0, 0.1) is 19.8 Å². The summed E-state index contributed by atoms with van der Waals surface area (Å²) in [6.07, 6.45) is 4.55. The Labute approximate surface area is 177 Å². The van der Waals surface area contributed by atoms with E-state index in [-0.39, 0.29) is 12.5 Å². The van der Waals surface area contributed by atoms with E-state index in [1.807, 2.05) is 37.9 Å². The number of rotatable bonds is 7. The lowest BCUT2D eigenvalue weighted by molar-refractivity contribution is -0.129. The third kappa shape index (κ3) is 5.65. The van der Waals surface area contributed by atoms with Gasteiger partial charge >= 0.3 is 0 Å². The van der Waals surface area contributed by atoms with Crippen molar-refractivity contribution >= 4 is 17.7 Å². The van der Waals surface area contributed by atoms with Gasteiger partial charge in [-0.3, -0.25) is 4.79 Å². The summed E-state index contributed by atoms with van der Waals surface area (Å²) in [5, 5.41) is 8.75. The topological polar surface area (TPSA) is 86.3 Å². The van der Waals surface area contributed by atoms with Crippen molar-refractivity contribution in [1.29, 1.82) is 0 Å². The molecule has 0 spiro atoms. The summed E-state index contributed by atoms with van der Waals surface area (Å²) in [5.41, 5.74) is 2.28. The first kappa shape index (κ1) is 21.5. The van der Waals surface area contributed by atoms with Crippen LogP contribution in [0.2, 0.25) is 0 Å². The molecule has 0 bridgehead atoms. The summed E-state index contributed by atoms with van der Waals surface area (Å²) in [7, 11) is 1.90. The SMILES string of the molecule is Cc1cc(C)cc(OCc2nnc(SCC(=O)N(C)C3CCC(C)CC3)n2N)c1. The normalized spacial score (nSPS) is 19.2. The van der Waals surface area contributed by atoms with Crippen molar-refractivity contribution in [3.63, 3.8) is 0 Å². The number of thioether (sulfide) groups is 1. The molecule has 1 aliphatic rings. The molecule has 1 aromatic carbocycles. The zero-order valence-corrected chi connectivity index (χ0v) is 18.5. The highest BCUT2D eigenvalue weighted by Crippen LogP contribution is 2.27. The van der Waals surface area contributed by atoms with Crippen molar-refractivity contribution in [2.45, 2.75) is 64.3 Å². The van der Waals surface area contributed by atoms with Crippen molar-refractivity contribution < 1.29 is 9.53 Å². The maximum atomic E-state index is 12.6. The van der Waals surface area contributed by atoms with E-state index in [9.17, 15) is 4.79 Å². The third-order valence-electron chi connectivity index (χ3n) is 5.55. The van der Waals surface area contributed by atoms with Crippen LogP contribution in [0.3, 0.4) is 0 Å². The number of aromatic nitrogens is 3. The summed E-state index contributed by atoms with van der Waals surface area (Å²) in [4.78, 5) is 14.5. The second-order valence-corrected chi connectivity index (χ2v) is 9.03. The maximum absolute atomic E-state index is 12.6. The Bertz CT molecular complexity index is 825. The van der Waals surface area contributed by atoms with Crippen molar-refractivity contribution in [3.05, 3.63) is 35.2 Å². The fraction of sp³-hybridized carbons (Fsp3) is 0.571. The van der Waals surface area contributed by atoms with Crippen LogP contribution in [-0.4, -0.2) is 44.5 Å². The van der Waals surface area contributed by atoms with Gasteiger partial charge < -0.3 is 15.5 Å². The number of amides is 1. The Morgan fingerprint density at radius 2 is 1.86 bits per heavy atom. The van der Waals surface area contributed by atoms with Crippen molar-refractivity contribution in [2.75, 3.05) is 18.6 Å². The molecular weight excluding hydrogens is 386 g/mol. The number of carbonyl (C=O) groups is 1. The van der Waals surface area contributed by atoms with E-state index < -0.39 is 0 Å². The number of nitrogen functional groups attached to an aromatic ring is 1. The van der Waals surface area contributed by atoms with Gasteiger partial charge in [0.2, 0.25) is 11.1 Å². The highest BCUT2D eigenvalue weighted by Gasteiger charge is 2.25. The zero-order chi connectivity index (χ0) is 21.0. The Morgan fingerprint density at radius 3 is 2.52 bits per heavy atom. The Hall–Kier alpha value is -2.22. The number of hydrogen-bond acceptors (Lipinski definition) is 6. The van der Waals surface area contributed by atoms with Gasteiger partial charge in [0.15, 0.2) is 5.82 Å². The van der Waals surface area contributed by atoms with Gasteiger partial charge in [-0.2, -0.15) is 0 Å². The first-order chi connectivity index (χ1) is 13.8. The molecule has 1 heterocycles. The number of ether oxygens (including phenoxy) is 1. The largest absolute Gasteiger partial charge is 0.486 e. The van der Waals surface area contributed by atoms with E-state index in [1.54, 1.807) is 0 Å². The van der Waals surface area contributed by atoms with Crippen molar-refractivity contribution in [3.8, 4) is 5.75 Å². The Balaban J connectivity index is 1.52. The third-order valence-corrected chi connectivity index (χ3v) is 6.48. The Kier molecular flexibility index (Phi) is 7.05. The number of nitrogens with zero attached hydrogens (tertiary/aromatic N) is 4. The minimum Gasteiger partial charge on any atom is -0.486 e. The molecule has 29 heavy (non-hydrogen) atoms. The molecular formula is C21H31N5O2S. The molecule has 0 radical (unpaired) electrons. The van der Waals surface area contributed by atoms with E-state index in [1.165, 1.54) is 29.3 Å². The molecule has 1 saturated carbocycles. The predicted octanol–water partition coefficient (Wildman–Crippen LogP) is 3.32. The molecule has 1 amide bonds. The molecule has 1 aromatic heterocycles. The van der Waals surface area contributed by atoms with Crippen LogP contribution in [0.1, 0.15) is 49.6 Å². The average molecular weight is 418 g/mol. The van der Waals surface area contributed by atoms with Gasteiger partial charge in [-0.25, -0.2) is 4.68 Å². The van der Waals surface area contributed by atoms with Crippen LogP contribution in [0.5, 0.6) is 5.75 Å². The molecule has 8 heteroatoms. The summed E-state index contributed by atoms with van der Waals surface area (Å²) in [6.45, 7) is 6.56. The van der Waals surface area contributed by atoms with Crippen LogP contribution < -0.4 is 10.6 Å². The maximum Gasteiger partial charge on any atom is 0.233 e. The van der Waals surface area contributed by atoms with Gasteiger partial charge in [-0.1, -0.05) is 24.8 Å². The van der Waals surface area contributed by atoms with E-state index in [2.05, 4.69) is 23.2 Å². The van der Waals surface area contributed by atoms with Gasteiger partial charge in [0.25, 0.3) is 0 Å². The number of benzene rings is 1. The smallest absolute Gasteiger partial charge is 0.233 e. The van der Waals surface area contributed by atoms with Crippen LogP contribution in [0.15, 0.2) is 23.4 Å². The molecule has 0 aliphatic heterocycles. The molecule has 2 aromatic rings. The number of aryl methyl sites for hydroxylation is 2. The standard InChI is InChI=1S/C21H31N5O2S/c1-14-5-7-17(8-6-14)25(4)20(27)13-29-21-24-23-19(26(21)22)12-28-18-10-15(2)9-16(3)11-18/h9-11,14,17H,5-8,12-13,22H2,1-4H3. The molecule has 158 valence electrons. The van der Waals surface area contributed by atoms with Gasteiger partial charge in [-0.05, 0) is 68.7 Å². The van der Waals surface area contributed by atoms with Crippen LogP contribution >= 0.6 is 11.8 Å². The first-order valence-corrected chi connectivity index (χ1v) is 11.1. The van der Waals surface area contributed by atoms with Gasteiger partial charge in [0.1, 0.15) is 12.4 Å².